The molecule has 3 nitrogen and oxygen atoms in total. The fraction of sp³-hybridized carbons (Fsp3) is 0.625. The van der Waals surface area contributed by atoms with E-state index in [-0.39, 0.29) is 12.2 Å². The van der Waals surface area contributed by atoms with Gasteiger partial charge in [-0.25, -0.2) is 0 Å². The van der Waals surface area contributed by atoms with Crippen molar-refractivity contribution in [3.63, 3.8) is 0 Å². The lowest BCUT2D eigenvalue weighted by Crippen LogP contribution is -2.54. The number of piperidine rings is 2. The van der Waals surface area contributed by atoms with Gasteiger partial charge in [0.2, 0.25) is 0 Å². The second kappa shape index (κ2) is 12.3. The molecule has 4 atom stereocenters. The van der Waals surface area contributed by atoms with E-state index in [2.05, 4.69) is 62.2 Å². The van der Waals surface area contributed by atoms with Crippen LogP contribution in [0.3, 0.4) is 0 Å². The predicted molar refractivity (Wildman–Crippen MR) is 153 cm³/mol. The van der Waals surface area contributed by atoms with Gasteiger partial charge in [-0.05, 0) is 100 Å². The summed E-state index contributed by atoms with van der Waals surface area (Å²) in [4.78, 5) is 2.75. The smallest absolute Gasteiger partial charge is 0.138 e. The standard InChI is InChI=1S/C30H42ClNO2.C2H4/c1-4-21-8-13-27(14-9-21)34-29-15-12-22-10-11-23(18-28(22)30(29)31)19(2)32-25-6-5-7-26(32)17-24(16-25)20(3)33;1-2/h10-12,15,18-21,24-27,33H,4-9,13-14,16-17H2,1-3H3;1-2H2. The summed E-state index contributed by atoms with van der Waals surface area (Å²) in [5.41, 5.74) is 1.34. The molecule has 2 aromatic rings. The number of ether oxygens (including phenoxy) is 1. The third-order valence-corrected chi connectivity index (χ3v) is 9.68. The third-order valence-electron chi connectivity index (χ3n) is 9.29. The molecule has 3 fully saturated rings. The van der Waals surface area contributed by atoms with E-state index in [1.807, 2.05) is 6.92 Å². The van der Waals surface area contributed by atoms with Crippen molar-refractivity contribution in [3.05, 3.63) is 54.1 Å². The highest BCUT2D eigenvalue weighted by Crippen LogP contribution is 2.44. The van der Waals surface area contributed by atoms with Gasteiger partial charge in [0.05, 0.1) is 17.2 Å². The van der Waals surface area contributed by atoms with E-state index < -0.39 is 0 Å². The Kier molecular flexibility index (Phi) is 9.41. The van der Waals surface area contributed by atoms with E-state index in [0.29, 0.717) is 24.0 Å². The van der Waals surface area contributed by atoms with Crippen molar-refractivity contribution in [1.82, 2.24) is 4.90 Å². The van der Waals surface area contributed by atoms with Crippen LogP contribution in [-0.4, -0.2) is 34.3 Å². The summed E-state index contributed by atoms with van der Waals surface area (Å²) in [5, 5.41) is 13.3. The van der Waals surface area contributed by atoms with Crippen LogP contribution >= 0.6 is 11.6 Å². The minimum atomic E-state index is -0.199. The SMILES string of the molecule is C=C.CCC1CCC(Oc2ccc3ccc(C(C)N4C5CCCC4CC(C(C)O)C5)cc3c2Cl)CC1. The molecule has 0 aromatic heterocycles. The summed E-state index contributed by atoms with van der Waals surface area (Å²) in [6.45, 7) is 12.6. The normalized spacial score (nSPS) is 30.2. The molecule has 3 aliphatic rings. The Morgan fingerprint density at radius 2 is 1.64 bits per heavy atom. The van der Waals surface area contributed by atoms with Gasteiger partial charge in [0.15, 0.2) is 0 Å². The van der Waals surface area contributed by atoms with Gasteiger partial charge < -0.3 is 9.84 Å². The summed E-state index contributed by atoms with van der Waals surface area (Å²) in [6.07, 6.45) is 12.2. The van der Waals surface area contributed by atoms with Crippen molar-refractivity contribution >= 4 is 22.4 Å². The Hall–Kier alpha value is -1.55. The molecule has 5 rings (SSSR count). The zero-order chi connectivity index (χ0) is 25.8. The summed E-state index contributed by atoms with van der Waals surface area (Å²) in [5.74, 6) is 2.14. The van der Waals surface area contributed by atoms with Gasteiger partial charge in [-0.2, -0.15) is 0 Å². The van der Waals surface area contributed by atoms with Crippen molar-refractivity contribution in [1.29, 1.82) is 0 Å². The van der Waals surface area contributed by atoms with Gasteiger partial charge in [-0.15, -0.1) is 13.2 Å². The third kappa shape index (κ3) is 5.79. The molecule has 198 valence electrons. The molecule has 1 aliphatic carbocycles. The van der Waals surface area contributed by atoms with Crippen molar-refractivity contribution < 1.29 is 9.84 Å². The van der Waals surface area contributed by atoms with Crippen LogP contribution in [-0.2, 0) is 0 Å². The Bertz CT molecular complexity index is 985. The number of rotatable bonds is 6. The molecular formula is C32H46ClNO2. The minimum absolute atomic E-state index is 0.199. The van der Waals surface area contributed by atoms with Crippen LogP contribution in [0.4, 0.5) is 0 Å². The van der Waals surface area contributed by atoms with Crippen LogP contribution in [0.15, 0.2) is 43.5 Å². The first kappa shape index (κ1) is 27.5. The van der Waals surface area contributed by atoms with Crippen LogP contribution in [0.25, 0.3) is 10.8 Å². The molecule has 0 spiro atoms. The zero-order valence-corrected chi connectivity index (χ0v) is 23.4. The van der Waals surface area contributed by atoms with Crippen molar-refractivity contribution in [3.8, 4) is 5.75 Å². The number of benzene rings is 2. The lowest BCUT2D eigenvalue weighted by molar-refractivity contribution is -0.0440. The zero-order valence-electron chi connectivity index (χ0n) is 22.6. The minimum Gasteiger partial charge on any atom is -0.489 e. The Morgan fingerprint density at radius 3 is 2.25 bits per heavy atom. The number of fused-ring (bicyclic) bond motifs is 3. The molecular weight excluding hydrogens is 466 g/mol. The summed E-state index contributed by atoms with van der Waals surface area (Å²) >= 11 is 6.96. The molecule has 2 aliphatic heterocycles. The molecule has 1 N–H and O–H groups in total. The van der Waals surface area contributed by atoms with E-state index in [0.717, 1.165) is 47.8 Å². The molecule has 1 saturated carbocycles. The maximum absolute atomic E-state index is 10.2. The molecule has 2 heterocycles. The van der Waals surface area contributed by atoms with Crippen LogP contribution in [0, 0.1) is 11.8 Å². The number of aliphatic hydroxyl groups is 1. The number of aliphatic hydroxyl groups excluding tert-OH is 1. The van der Waals surface area contributed by atoms with Gasteiger partial charge in [-0.3, -0.25) is 4.90 Å². The van der Waals surface area contributed by atoms with E-state index >= 15 is 0 Å². The highest BCUT2D eigenvalue weighted by atomic mass is 35.5. The molecule has 2 bridgehead atoms. The van der Waals surface area contributed by atoms with Crippen molar-refractivity contribution in [2.24, 2.45) is 11.8 Å². The van der Waals surface area contributed by atoms with Crippen molar-refractivity contribution in [2.45, 2.75) is 115 Å². The van der Waals surface area contributed by atoms with Crippen LogP contribution in [0.2, 0.25) is 5.02 Å². The molecule has 0 radical (unpaired) electrons. The number of halogens is 1. The maximum atomic E-state index is 10.2. The highest BCUT2D eigenvalue weighted by molar-refractivity contribution is 6.37. The van der Waals surface area contributed by atoms with Gasteiger partial charge in [0.1, 0.15) is 5.75 Å². The first-order chi connectivity index (χ1) is 17.4. The Morgan fingerprint density at radius 1 is 1.00 bits per heavy atom. The molecule has 36 heavy (non-hydrogen) atoms. The largest absolute Gasteiger partial charge is 0.489 e. The molecule has 2 saturated heterocycles. The second-order valence-electron chi connectivity index (χ2n) is 11.4. The number of hydrogen-bond acceptors (Lipinski definition) is 3. The molecule has 0 amide bonds. The maximum Gasteiger partial charge on any atom is 0.138 e. The lowest BCUT2D eigenvalue weighted by Gasteiger charge is -2.52. The lowest BCUT2D eigenvalue weighted by atomic mass is 9.75. The highest BCUT2D eigenvalue weighted by Gasteiger charge is 2.41. The fourth-order valence-electron chi connectivity index (χ4n) is 7.13. The van der Waals surface area contributed by atoms with Gasteiger partial charge in [0.25, 0.3) is 0 Å². The van der Waals surface area contributed by atoms with E-state index in [1.54, 1.807) is 0 Å². The van der Waals surface area contributed by atoms with Crippen LogP contribution in [0.5, 0.6) is 5.75 Å². The van der Waals surface area contributed by atoms with Gasteiger partial charge in [0, 0.05) is 23.5 Å². The fourth-order valence-corrected chi connectivity index (χ4v) is 7.40. The average Bonchev–Trinajstić information content (AvgIpc) is 2.90. The first-order valence-electron chi connectivity index (χ1n) is 14.3. The van der Waals surface area contributed by atoms with Crippen LogP contribution < -0.4 is 4.74 Å². The summed E-state index contributed by atoms with van der Waals surface area (Å²) in [7, 11) is 0. The first-order valence-corrected chi connectivity index (χ1v) is 14.7. The molecule has 4 heteroatoms. The quantitative estimate of drug-likeness (QED) is 0.393. The molecule has 2 aromatic carbocycles. The monoisotopic (exact) mass is 511 g/mol. The van der Waals surface area contributed by atoms with E-state index in [4.69, 9.17) is 16.3 Å². The summed E-state index contributed by atoms with van der Waals surface area (Å²) in [6, 6.07) is 12.5. The van der Waals surface area contributed by atoms with Gasteiger partial charge in [-0.1, -0.05) is 49.6 Å². The summed E-state index contributed by atoms with van der Waals surface area (Å²) < 4.78 is 6.43. The predicted octanol–water partition coefficient (Wildman–Crippen LogP) is 8.72. The Labute approximate surface area is 223 Å². The number of nitrogens with zero attached hydrogens (tertiary/aromatic N) is 1. The van der Waals surface area contributed by atoms with Gasteiger partial charge >= 0.3 is 0 Å². The Balaban J connectivity index is 0.00000148. The van der Waals surface area contributed by atoms with E-state index in [9.17, 15) is 5.11 Å². The van der Waals surface area contributed by atoms with E-state index in [1.165, 1.54) is 49.5 Å². The van der Waals surface area contributed by atoms with Crippen molar-refractivity contribution in [2.75, 3.05) is 0 Å². The van der Waals surface area contributed by atoms with Crippen LogP contribution in [0.1, 0.15) is 96.6 Å². The number of hydrogen-bond donors (Lipinski definition) is 1. The second-order valence-corrected chi connectivity index (χ2v) is 11.7. The molecule has 4 unspecified atom stereocenters. The topological polar surface area (TPSA) is 32.7 Å². The average molecular weight is 512 g/mol.